The Morgan fingerprint density at radius 1 is 1.12 bits per heavy atom. The molecule has 0 aliphatic carbocycles. The molecule has 7 heteroatoms. The minimum Gasteiger partial charge on any atom is -0.483 e. The molecule has 5 nitrogen and oxygen atoms in total. The summed E-state index contributed by atoms with van der Waals surface area (Å²) in [6.45, 7) is 1.98. The van der Waals surface area contributed by atoms with Crippen molar-refractivity contribution in [2.75, 3.05) is 17.7 Å². The molecule has 1 heterocycles. The predicted molar refractivity (Wildman–Crippen MR) is 106 cm³/mol. The average molecular weight is 386 g/mol. The third-order valence-corrected chi connectivity index (χ3v) is 5.34. The van der Waals surface area contributed by atoms with E-state index in [0.29, 0.717) is 10.9 Å². The van der Waals surface area contributed by atoms with Gasteiger partial charge in [-0.25, -0.2) is 0 Å². The molecule has 0 spiro atoms. The molecule has 0 aliphatic rings. The van der Waals surface area contributed by atoms with E-state index in [2.05, 4.69) is 27.6 Å². The first-order valence-corrected chi connectivity index (χ1v) is 10.1. The van der Waals surface area contributed by atoms with Gasteiger partial charge in [-0.1, -0.05) is 78.6 Å². The number of carbonyl (C=O) groups excluding carboxylic acids is 1. The molecule has 1 aromatic heterocycles. The van der Waals surface area contributed by atoms with Crippen LogP contribution in [-0.4, -0.2) is 28.5 Å². The van der Waals surface area contributed by atoms with E-state index in [0.717, 1.165) is 22.1 Å². The first kappa shape index (κ1) is 18.4. The number of nitrogens with zero attached hydrogens (tertiary/aromatic N) is 2. The Balaban J connectivity index is 1.58. The molecule has 0 saturated heterocycles. The van der Waals surface area contributed by atoms with Crippen LogP contribution in [0.15, 0.2) is 58.9 Å². The zero-order valence-corrected chi connectivity index (χ0v) is 16.0. The lowest BCUT2D eigenvalue weighted by molar-refractivity contribution is -0.118. The number of amides is 1. The third kappa shape index (κ3) is 5.31. The minimum atomic E-state index is -0.247. The van der Waals surface area contributed by atoms with Crippen LogP contribution < -0.4 is 10.1 Å². The van der Waals surface area contributed by atoms with E-state index < -0.39 is 0 Å². The van der Waals surface area contributed by atoms with E-state index in [9.17, 15) is 4.79 Å². The van der Waals surface area contributed by atoms with Crippen molar-refractivity contribution in [2.24, 2.45) is 0 Å². The van der Waals surface area contributed by atoms with Gasteiger partial charge < -0.3 is 4.74 Å². The highest BCUT2D eigenvalue weighted by atomic mass is 32.2. The summed E-state index contributed by atoms with van der Waals surface area (Å²) in [5.41, 5.74) is 2.24. The molecular weight excluding hydrogens is 366 g/mol. The number of rotatable bonds is 8. The Labute approximate surface area is 160 Å². The molecule has 0 fully saturated rings. The van der Waals surface area contributed by atoms with Gasteiger partial charge in [-0.2, -0.15) is 0 Å². The maximum atomic E-state index is 12.1. The highest BCUT2D eigenvalue weighted by molar-refractivity contribution is 8.01. The van der Waals surface area contributed by atoms with Gasteiger partial charge in [-0.3, -0.25) is 10.1 Å². The molecule has 1 amide bonds. The Morgan fingerprint density at radius 3 is 2.69 bits per heavy atom. The van der Waals surface area contributed by atoms with Gasteiger partial charge in [-0.15, -0.1) is 10.2 Å². The SMILES string of the molecule is CCSc1nnc(NC(=O)COc2ccccc2Cc2ccccc2)s1. The molecule has 0 unspecified atom stereocenters. The fourth-order valence-electron chi connectivity index (χ4n) is 2.35. The van der Waals surface area contributed by atoms with Crippen LogP contribution in [0.25, 0.3) is 0 Å². The smallest absolute Gasteiger partial charge is 0.264 e. The van der Waals surface area contributed by atoms with E-state index in [1.807, 2.05) is 49.4 Å². The van der Waals surface area contributed by atoms with Crippen molar-refractivity contribution in [1.29, 1.82) is 0 Å². The van der Waals surface area contributed by atoms with Crippen molar-refractivity contribution < 1.29 is 9.53 Å². The van der Waals surface area contributed by atoms with Crippen molar-refractivity contribution in [3.63, 3.8) is 0 Å². The highest BCUT2D eigenvalue weighted by Gasteiger charge is 2.10. The van der Waals surface area contributed by atoms with Crippen molar-refractivity contribution in [2.45, 2.75) is 17.7 Å². The Bertz CT molecular complexity index is 853. The first-order valence-electron chi connectivity index (χ1n) is 8.25. The molecule has 134 valence electrons. The fraction of sp³-hybridized carbons (Fsp3) is 0.211. The van der Waals surface area contributed by atoms with Gasteiger partial charge in [0, 0.05) is 6.42 Å². The second-order valence-corrected chi connectivity index (χ2v) is 7.90. The number of aromatic nitrogens is 2. The number of nitrogens with one attached hydrogen (secondary N) is 1. The van der Waals surface area contributed by atoms with Crippen LogP contribution in [0, 0.1) is 0 Å². The van der Waals surface area contributed by atoms with E-state index in [1.54, 1.807) is 11.8 Å². The Kier molecular flexibility index (Phi) is 6.62. The molecule has 26 heavy (non-hydrogen) atoms. The van der Waals surface area contributed by atoms with Crippen LogP contribution >= 0.6 is 23.1 Å². The van der Waals surface area contributed by atoms with Crippen molar-refractivity contribution in [1.82, 2.24) is 10.2 Å². The number of para-hydroxylation sites is 1. The van der Waals surface area contributed by atoms with Gasteiger partial charge in [0.25, 0.3) is 5.91 Å². The van der Waals surface area contributed by atoms with E-state index in [-0.39, 0.29) is 12.5 Å². The largest absolute Gasteiger partial charge is 0.483 e. The van der Waals surface area contributed by atoms with Crippen molar-refractivity contribution >= 4 is 34.1 Å². The molecule has 0 bridgehead atoms. The molecule has 0 aliphatic heterocycles. The van der Waals surface area contributed by atoms with Crippen molar-refractivity contribution in [3.05, 3.63) is 65.7 Å². The molecule has 3 rings (SSSR count). The summed E-state index contributed by atoms with van der Waals surface area (Å²) < 4.78 is 6.58. The number of ether oxygens (including phenoxy) is 1. The number of benzene rings is 2. The summed E-state index contributed by atoms with van der Waals surface area (Å²) in [5, 5.41) is 11.2. The Morgan fingerprint density at radius 2 is 1.88 bits per heavy atom. The van der Waals surface area contributed by atoms with Crippen LogP contribution in [0.4, 0.5) is 5.13 Å². The average Bonchev–Trinajstić information content (AvgIpc) is 3.09. The summed E-state index contributed by atoms with van der Waals surface area (Å²) in [4.78, 5) is 12.1. The lowest BCUT2D eigenvalue weighted by Gasteiger charge is -2.11. The molecular formula is C19H19N3O2S2. The summed E-state index contributed by atoms with van der Waals surface area (Å²) in [6, 6.07) is 17.9. The zero-order valence-electron chi connectivity index (χ0n) is 14.3. The van der Waals surface area contributed by atoms with E-state index in [4.69, 9.17) is 4.74 Å². The van der Waals surface area contributed by atoms with Crippen LogP contribution in [0.3, 0.4) is 0 Å². The van der Waals surface area contributed by atoms with Gasteiger partial charge in [-0.05, 0) is 22.9 Å². The van der Waals surface area contributed by atoms with Crippen LogP contribution in [-0.2, 0) is 11.2 Å². The normalized spacial score (nSPS) is 10.5. The zero-order chi connectivity index (χ0) is 18.2. The summed E-state index contributed by atoms with van der Waals surface area (Å²) >= 11 is 2.96. The number of thioether (sulfide) groups is 1. The van der Waals surface area contributed by atoms with Gasteiger partial charge in [0.1, 0.15) is 5.75 Å². The lowest BCUT2D eigenvalue weighted by atomic mass is 10.0. The summed E-state index contributed by atoms with van der Waals surface area (Å²) in [7, 11) is 0. The topological polar surface area (TPSA) is 64.1 Å². The molecule has 0 radical (unpaired) electrons. The van der Waals surface area contributed by atoms with Crippen molar-refractivity contribution in [3.8, 4) is 5.75 Å². The second-order valence-electron chi connectivity index (χ2n) is 5.41. The maximum Gasteiger partial charge on any atom is 0.264 e. The van der Waals surface area contributed by atoms with Gasteiger partial charge in [0.15, 0.2) is 10.9 Å². The van der Waals surface area contributed by atoms with Gasteiger partial charge in [0.05, 0.1) is 0 Å². The molecule has 0 atom stereocenters. The van der Waals surface area contributed by atoms with Gasteiger partial charge in [0.2, 0.25) is 5.13 Å². The number of carbonyl (C=O) groups is 1. The predicted octanol–water partition coefficient (Wildman–Crippen LogP) is 4.26. The summed E-state index contributed by atoms with van der Waals surface area (Å²) in [6.07, 6.45) is 0.757. The first-order chi connectivity index (χ1) is 12.7. The third-order valence-electron chi connectivity index (χ3n) is 3.49. The fourth-order valence-corrected chi connectivity index (χ4v) is 4.01. The molecule has 1 N–H and O–H groups in total. The van der Waals surface area contributed by atoms with E-state index >= 15 is 0 Å². The van der Waals surface area contributed by atoms with E-state index in [1.165, 1.54) is 16.9 Å². The Hall–Kier alpha value is -2.38. The number of hydrogen-bond acceptors (Lipinski definition) is 6. The number of hydrogen-bond donors (Lipinski definition) is 1. The van der Waals surface area contributed by atoms with Gasteiger partial charge >= 0.3 is 0 Å². The molecule has 2 aromatic carbocycles. The van der Waals surface area contributed by atoms with Crippen LogP contribution in [0.5, 0.6) is 5.75 Å². The molecule has 3 aromatic rings. The van der Waals surface area contributed by atoms with Crippen LogP contribution in [0.2, 0.25) is 0 Å². The molecule has 0 saturated carbocycles. The number of anilines is 1. The minimum absolute atomic E-state index is 0.0678. The maximum absolute atomic E-state index is 12.1. The summed E-state index contributed by atoms with van der Waals surface area (Å²) in [5.74, 6) is 1.39. The van der Waals surface area contributed by atoms with Crippen LogP contribution in [0.1, 0.15) is 18.1 Å². The monoisotopic (exact) mass is 385 g/mol. The lowest BCUT2D eigenvalue weighted by Crippen LogP contribution is -2.20. The second kappa shape index (κ2) is 9.35. The quantitative estimate of drug-likeness (QED) is 0.464. The highest BCUT2D eigenvalue weighted by Crippen LogP contribution is 2.25. The standard InChI is InChI=1S/C19H19N3O2S2/c1-2-25-19-22-21-18(26-19)20-17(23)13-24-16-11-7-6-10-15(16)12-14-8-4-3-5-9-14/h3-11H,2,12-13H2,1H3,(H,20,21,23).